The summed E-state index contributed by atoms with van der Waals surface area (Å²) < 4.78 is 1.04. The van der Waals surface area contributed by atoms with Gasteiger partial charge in [-0.3, -0.25) is 4.79 Å². The SMILES string of the molecule is Cc1ccc(Sc2cnc(Nc3ccccn3)s2)cc1C(=O)NCC1CCC(C#N)CC1. The van der Waals surface area contributed by atoms with Crippen molar-refractivity contribution in [2.45, 2.75) is 41.7 Å². The van der Waals surface area contributed by atoms with Gasteiger partial charge in [0.15, 0.2) is 5.13 Å². The molecule has 32 heavy (non-hydrogen) atoms. The maximum absolute atomic E-state index is 12.8. The Hall–Kier alpha value is -2.89. The molecule has 1 aliphatic rings. The molecule has 2 heterocycles. The zero-order valence-corrected chi connectivity index (χ0v) is 19.5. The Labute approximate surface area is 196 Å². The monoisotopic (exact) mass is 463 g/mol. The van der Waals surface area contributed by atoms with Gasteiger partial charge in [-0.05, 0) is 68.4 Å². The lowest BCUT2D eigenvalue weighted by Gasteiger charge is -2.25. The van der Waals surface area contributed by atoms with Gasteiger partial charge in [-0.1, -0.05) is 35.2 Å². The number of hydrogen-bond acceptors (Lipinski definition) is 7. The van der Waals surface area contributed by atoms with Crippen LogP contribution in [-0.2, 0) is 0 Å². The van der Waals surface area contributed by atoms with Gasteiger partial charge in [0.25, 0.3) is 5.91 Å². The first-order valence-electron chi connectivity index (χ1n) is 10.7. The van der Waals surface area contributed by atoms with E-state index in [2.05, 4.69) is 26.7 Å². The van der Waals surface area contributed by atoms with Gasteiger partial charge < -0.3 is 10.6 Å². The molecule has 2 aromatic heterocycles. The zero-order chi connectivity index (χ0) is 22.3. The van der Waals surface area contributed by atoms with Crippen molar-refractivity contribution in [2.24, 2.45) is 11.8 Å². The van der Waals surface area contributed by atoms with E-state index in [4.69, 9.17) is 5.26 Å². The summed E-state index contributed by atoms with van der Waals surface area (Å²) >= 11 is 3.14. The summed E-state index contributed by atoms with van der Waals surface area (Å²) in [6.07, 6.45) is 7.46. The lowest BCUT2D eigenvalue weighted by molar-refractivity contribution is 0.0941. The van der Waals surface area contributed by atoms with Crippen LogP contribution in [-0.4, -0.2) is 22.4 Å². The minimum absolute atomic E-state index is 0.0332. The van der Waals surface area contributed by atoms with Crippen LogP contribution in [0, 0.1) is 30.1 Å². The molecule has 1 amide bonds. The number of pyridine rings is 1. The number of aromatic nitrogens is 2. The number of nitrogens with one attached hydrogen (secondary N) is 2. The molecular formula is C24H25N5OS2. The third kappa shape index (κ3) is 5.87. The lowest BCUT2D eigenvalue weighted by Crippen LogP contribution is -2.31. The third-order valence-corrected chi connectivity index (χ3v) is 7.64. The third-order valence-electron chi connectivity index (χ3n) is 5.64. The lowest BCUT2D eigenvalue weighted by atomic mass is 9.83. The van der Waals surface area contributed by atoms with Crippen LogP contribution in [0.25, 0.3) is 0 Å². The van der Waals surface area contributed by atoms with Crippen molar-refractivity contribution in [3.63, 3.8) is 0 Å². The van der Waals surface area contributed by atoms with Gasteiger partial charge in [0.1, 0.15) is 5.82 Å². The number of aryl methyl sites for hydroxylation is 1. The van der Waals surface area contributed by atoms with Crippen LogP contribution in [0.5, 0.6) is 0 Å². The summed E-state index contributed by atoms with van der Waals surface area (Å²) in [6.45, 7) is 2.63. The standard InChI is InChI=1S/C24H25N5OS2/c1-16-5-10-19(31-22-15-28-24(32-22)29-21-4-2-3-11-26-21)12-20(16)23(30)27-14-18-8-6-17(13-25)7-9-18/h2-5,10-12,15,17-18H,6-9,14H2,1H3,(H,27,30)(H,26,28,29). The van der Waals surface area contributed by atoms with Crippen LogP contribution in [0.4, 0.5) is 10.9 Å². The van der Waals surface area contributed by atoms with Gasteiger partial charge >= 0.3 is 0 Å². The fourth-order valence-electron chi connectivity index (χ4n) is 3.76. The molecule has 8 heteroatoms. The van der Waals surface area contributed by atoms with E-state index in [1.165, 1.54) is 0 Å². The summed E-state index contributed by atoms with van der Waals surface area (Å²) in [4.78, 5) is 22.5. The topological polar surface area (TPSA) is 90.7 Å². The number of carbonyl (C=O) groups is 1. The Balaban J connectivity index is 1.35. The molecule has 0 aliphatic heterocycles. The van der Waals surface area contributed by atoms with Crippen LogP contribution in [0.3, 0.4) is 0 Å². The molecule has 4 rings (SSSR count). The van der Waals surface area contributed by atoms with E-state index in [0.717, 1.165) is 51.3 Å². The summed E-state index contributed by atoms with van der Waals surface area (Å²) in [5.41, 5.74) is 1.67. The zero-order valence-electron chi connectivity index (χ0n) is 17.9. The first-order chi connectivity index (χ1) is 15.6. The highest BCUT2D eigenvalue weighted by Gasteiger charge is 2.21. The Morgan fingerprint density at radius 2 is 2.06 bits per heavy atom. The molecule has 0 spiro atoms. The van der Waals surface area contributed by atoms with E-state index in [9.17, 15) is 4.79 Å². The minimum Gasteiger partial charge on any atom is -0.352 e. The molecule has 1 saturated carbocycles. The quantitative estimate of drug-likeness (QED) is 0.460. The van der Waals surface area contributed by atoms with E-state index >= 15 is 0 Å². The van der Waals surface area contributed by atoms with Crippen molar-refractivity contribution in [3.8, 4) is 6.07 Å². The van der Waals surface area contributed by atoms with Crippen LogP contribution >= 0.6 is 23.1 Å². The molecule has 0 radical (unpaired) electrons. The number of rotatable bonds is 7. The molecule has 0 bridgehead atoms. The average molecular weight is 464 g/mol. The Bertz CT molecular complexity index is 1100. The molecule has 0 atom stereocenters. The fraction of sp³-hybridized carbons (Fsp3) is 0.333. The fourth-order valence-corrected chi connectivity index (χ4v) is 5.66. The van der Waals surface area contributed by atoms with E-state index in [1.807, 2.05) is 49.5 Å². The number of carbonyl (C=O) groups excluding carboxylic acids is 1. The number of nitrogens with zero attached hydrogens (tertiary/aromatic N) is 3. The molecule has 3 aromatic rings. The number of hydrogen-bond donors (Lipinski definition) is 2. The highest BCUT2D eigenvalue weighted by atomic mass is 32.2. The summed E-state index contributed by atoms with van der Waals surface area (Å²) in [6, 6.07) is 14.0. The number of anilines is 2. The van der Waals surface area contributed by atoms with Crippen molar-refractivity contribution >= 4 is 40.0 Å². The molecule has 0 saturated heterocycles. The maximum Gasteiger partial charge on any atom is 0.251 e. The van der Waals surface area contributed by atoms with Crippen molar-refractivity contribution in [2.75, 3.05) is 11.9 Å². The van der Waals surface area contributed by atoms with E-state index in [1.54, 1.807) is 29.3 Å². The second-order valence-electron chi connectivity index (χ2n) is 7.96. The molecule has 164 valence electrons. The maximum atomic E-state index is 12.8. The highest BCUT2D eigenvalue weighted by molar-refractivity contribution is 8.01. The molecule has 2 N–H and O–H groups in total. The average Bonchev–Trinajstić information content (AvgIpc) is 3.26. The largest absolute Gasteiger partial charge is 0.352 e. The highest BCUT2D eigenvalue weighted by Crippen LogP contribution is 2.35. The van der Waals surface area contributed by atoms with Gasteiger partial charge in [0.05, 0.1) is 16.5 Å². The van der Waals surface area contributed by atoms with Crippen molar-refractivity contribution in [1.29, 1.82) is 5.26 Å². The predicted octanol–water partition coefficient (Wildman–Crippen LogP) is 5.80. The molecule has 1 aromatic carbocycles. The van der Waals surface area contributed by atoms with E-state index in [0.29, 0.717) is 18.0 Å². The van der Waals surface area contributed by atoms with E-state index in [-0.39, 0.29) is 11.8 Å². The Morgan fingerprint density at radius 1 is 1.22 bits per heavy atom. The second-order valence-corrected chi connectivity index (χ2v) is 10.4. The van der Waals surface area contributed by atoms with Crippen LogP contribution in [0.15, 0.2) is 57.9 Å². The second kappa shape index (κ2) is 10.6. The van der Waals surface area contributed by atoms with Gasteiger partial charge in [-0.15, -0.1) is 0 Å². The van der Waals surface area contributed by atoms with Crippen molar-refractivity contribution < 1.29 is 4.79 Å². The van der Waals surface area contributed by atoms with Gasteiger partial charge in [-0.25, -0.2) is 9.97 Å². The Morgan fingerprint density at radius 3 is 2.81 bits per heavy atom. The summed E-state index contributed by atoms with van der Waals surface area (Å²) in [7, 11) is 0. The first kappa shape index (κ1) is 22.3. The summed E-state index contributed by atoms with van der Waals surface area (Å²) in [5, 5.41) is 16.1. The van der Waals surface area contributed by atoms with E-state index < -0.39 is 0 Å². The molecular weight excluding hydrogens is 438 g/mol. The van der Waals surface area contributed by atoms with Crippen molar-refractivity contribution in [3.05, 3.63) is 59.9 Å². The van der Waals surface area contributed by atoms with Crippen molar-refractivity contribution in [1.82, 2.24) is 15.3 Å². The van der Waals surface area contributed by atoms with Gasteiger partial charge in [0.2, 0.25) is 0 Å². The number of thiazole rings is 1. The first-order valence-corrected chi connectivity index (χ1v) is 12.3. The predicted molar refractivity (Wildman–Crippen MR) is 128 cm³/mol. The van der Waals surface area contributed by atoms with Crippen LogP contribution in [0.2, 0.25) is 0 Å². The molecule has 6 nitrogen and oxygen atoms in total. The number of amides is 1. The normalized spacial score (nSPS) is 18.0. The van der Waals surface area contributed by atoms with Crippen LogP contribution < -0.4 is 10.6 Å². The molecule has 1 aliphatic carbocycles. The van der Waals surface area contributed by atoms with Gasteiger partial charge in [0, 0.05) is 29.1 Å². The minimum atomic E-state index is -0.0332. The van der Waals surface area contributed by atoms with Crippen LogP contribution in [0.1, 0.15) is 41.6 Å². The summed E-state index contributed by atoms with van der Waals surface area (Å²) in [5.74, 6) is 1.37. The van der Waals surface area contributed by atoms with Gasteiger partial charge in [-0.2, -0.15) is 5.26 Å². The smallest absolute Gasteiger partial charge is 0.251 e. The number of benzene rings is 1. The molecule has 0 unspecified atom stereocenters. The Kier molecular flexibility index (Phi) is 7.40. The number of nitriles is 1. The molecule has 1 fully saturated rings.